The summed E-state index contributed by atoms with van der Waals surface area (Å²) in [6.45, 7) is 0. The summed E-state index contributed by atoms with van der Waals surface area (Å²) in [4.78, 5) is 20.9. The Kier molecular flexibility index (Phi) is 4.11. The highest BCUT2D eigenvalue weighted by atomic mass is 35.5. The Morgan fingerprint density at radius 1 is 1.28 bits per heavy atom. The van der Waals surface area contributed by atoms with Crippen molar-refractivity contribution in [1.29, 1.82) is 0 Å². The van der Waals surface area contributed by atoms with E-state index < -0.39 is 5.97 Å². The molecule has 0 unspecified atom stereocenters. The van der Waals surface area contributed by atoms with Crippen LogP contribution in [0.5, 0.6) is 0 Å². The van der Waals surface area contributed by atoms with Gasteiger partial charge in [-0.25, -0.2) is 14.5 Å². The van der Waals surface area contributed by atoms with Gasteiger partial charge in [-0.3, -0.25) is 4.98 Å². The van der Waals surface area contributed by atoms with E-state index in [0.29, 0.717) is 15.8 Å². The minimum Gasteiger partial charge on any atom is -0.478 e. The second kappa shape index (κ2) is 6.68. The van der Waals surface area contributed by atoms with Crippen LogP contribution >= 0.6 is 22.9 Å². The first-order valence-electron chi connectivity index (χ1n) is 8.84. The van der Waals surface area contributed by atoms with Crippen molar-refractivity contribution in [2.24, 2.45) is 0 Å². The lowest BCUT2D eigenvalue weighted by atomic mass is 9.95. The fourth-order valence-electron chi connectivity index (χ4n) is 3.61. The lowest BCUT2D eigenvalue weighted by Crippen LogP contribution is -2.07. The molecule has 7 nitrogen and oxygen atoms in total. The second-order valence-corrected chi connectivity index (χ2v) is 8.07. The molecule has 3 N–H and O–H groups in total. The Bertz CT molecular complexity index is 1270. The predicted octanol–water partition coefficient (Wildman–Crippen LogP) is 4.09. The molecule has 1 aromatic carbocycles. The van der Waals surface area contributed by atoms with Crippen LogP contribution in [0.2, 0.25) is 5.02 Å². The molecule has 4 aromatic rings. The molecule has 144 valence electrons. The molecule has 1 aliphatic rings. The van der Waals surface area contributed by atoms with Gasteiger partial charge in [-0.15, -0.1) is 0 Å². The van der Waals surface area contributed by atoms with E-state index in [4.69, 9.17) is 22.4 Å². The monoisotopic (exact) mass is 423 g/mol. The summed E-state index contributed by atoms with van der Waals surface area (Å²) in [7, 11) is 0. The van der Waals surface area contributed by atoms with Gasteiger partial charge in [-0.1, -0.05) is 22.9 Å². The van der Waals surface area contributed by atoms with Crippen LogP contribution in [-0.2, 0) is 12.8 Å². The highest BCUT2D eigenvalue weighted by Crippen LogP contribution is 2.44. The number of fused-ring (bicyclic) bond motifs is 3. The number of aryl methyl sites for hydroxylation is 1. The van der Waals surface area contributed by atoms with E-state index >= 15 is 0 Å². The standard InChI is InChI=1S/C20H14ClN5O2S/c21-13-8-10(19(27)28)3-6-15(13)26-17-12(4-5-14-18(17)29-20(22)24-14)16(25-26)11-2-1-7-23-9-11/h1-3,6-9H,4-5H2,(H2,22,24)(H,27,28). The SMILES string of the molecule is Nc1nc2c(s1)-c1c(c(-c3cccnc3)nn1-c1ccc(C(=O)O)cc1Cl)CC2. The van der Waals surface area contributed by atoms with Crippen molar-refractivity contribution in [2.45, 2.75) is 12.8 Å². The van der Waals surface area contributed by atoms with Crippen LogP contribution in [0.4, 0.5) is 5.13 Å². The molecule has 0 radical (unpaired) electrons. The smallest absolute Gasteiger partial charge is 0.335 e. The van der Waals surface area contributed by atoms with Crippen molar-refractivity contribution in [3.63, 3.8) is 0 Å². The Balaban J connectivity index is 1.79. The van der Waals surface area contributed by atoms with Crippen molar-refractivity contribution < 1.29 is 9.90 Å². The van der Waals surface area contributed by atoms with Crippen molar-refractivity contribution in [2.75, 3.05) is 5.73 Å². The number of benzene rings is 1. The zero-order chi connectivity index (χ0) is 20.1. The number of aromatic carboxylic acids is 1. The zero-order valence-electron chi connectivity index (χ0n) is 15.0. The van der Waals surface area contributed by atoms with Gasteiger partial charge in [0.2, 0.25) is 0 Å². The van der Waals surface area contributed by atoms with Crippen LogP contribution in [0.25, 0.3) is 27.5 Å². The summed E-state index contributed by atoms with van der Waals surface area (Å²) >= 11 is 7.88. The average Bonchev–Trinajstić information content (AvgIpc) is 3.28. The third-order valence-electron chi connectivity index (χ3n) is 4.88. The van der Waals surface area contributed by atoms with E-state index in [0.717, 1.165) is 45.9 Å². The number of carboxylic acids is 1. The first-order chi connectivity index (χ1) is 14.0. The number of hydrogen-bond donors (Lipinski definition) is 2. The van der Waals surface area contributed by atoms with Crippen LogP contribution in [0.3, 0.4) is 0 Å². The van der Waals surface area contributed by atoms with Crippen molar-refractivity contribution in [1.82, 2.24) is 19.7 Å². The van der Waals surface area contributed by atoms with Crippen molar-refractivity contribution >= 4 is 34.0 Å². The molecule has 3 heterocycles. The van der Waals surface area contributed by atoms with Gasteiger partial charge < -0.3 is 10.8 Å². The van der Waals surface area contributed by atoms with Gasteiger partial charge in [0.25, 0.3) is 0 Å². The maximum Gasteiger partial charge on any atom is 0.335 e. The Labute approximate surface area is 174 Å². The fraction of sp³-hybridized carbons (Fsp3) is 0.100. The Morgan fingerprint density at radius 2 is 2.14 bits per heavy atom. The summed E-state index contributed by atoms with van der Waals surface area (Å²) in [5, 5.41) is 14.9. The normalized spacial score (nSPS) is 12.4. The molecule has 0 saturated heterocycles. The van der Waals surface area contributed by atoms with Gasteiger partial charge >= 0.3 is 5.97 Å². The molecule has 0 saturated carbocycles. The van der Waals surface area contributed by atoms with E-state index in [1.807, 2.05) is 12.1 Å². The molecule has 29 heavy (non-hydrogen) atoms. The molecular formula is C20H14ClN5O2S. The highest BCUT2D eigenvalue weighted by molar-refractivity contribution is 7.18. The average molecular weight is 424 g/mol. The molecule has 0 fully saturated rings. The number of anilines is 1. The minimum atomic E-state index is -1.03. The summed E-state index contributed by atoms with van der Waals surface area (Å²) in [6.07, 6.45) is 5.04. The molecule has 1 aliphatic carbocycles. The van der Waals surface area contributed by atoms with Gasteiger partial charge in [-0.05, 0) is 43.2 Å². The molecule has 0 amide bonds. The summed E-state index contributed by atoms with van der Waals surface area (Å²) in [6, 6.07) is 8.46. The van der Waals surface area contributed by atoms with E-state index in [1.54, 1.807) is 23.1 Å². The first-order valence-corrected chi connectivity index (χ1v) is 10.0. The first kappa shape index (κ1) is 17.8. The van der Waals surface area contributed by atoms with E-state index in [1.165, 1.54) is 23.5 Å². The number of aromatic nitrogens is 4. The van der Waals surface area contributed by atoms with E-state index in [-0.39, 0.29) is 5.56 Å². The lowest BCUT2D eigenvalue weighted by Gasteiger charge is -2.15. The Hall–Kier alpha value is -3.23. The quantitative estimate of drug-likeness (QED) is 0.514. The van der Waals surface area contributed by atoms with E-state index in [2.05, 4.69) is 9.97 Å². The number of nitrogen functional groups attached to an aromatic ring is 1. The highest BCUT2D eigenvalue weighted by Gasteiger charge is 2.30. The van der Waals surface area contributed by atoms with Crippen molar-refractivity contribution in [3.8, 4) is 27.5 Å². The fourth-order valence-corrected chi connectivity index (χ4v) is 4.81. The molecule has 0 bridgehead atoms. The van der Waals surface area contributed by atoms with E-state index in [9.17, 15) is 9.90 Å². The zero-order valence-corrected chi connectivity index (χ0v) is 16.5. The minimum absolute atomic E-state index is 0.120. The number of rotatable bonds is 3. The summed E-state index contributed by atoms with van der Waals surface area (Å²) in [5.41, 5.74) is 11.3. The van der Waals surface area contributed by atoms with Crippen LogP contribution < -0.4 is 5.73 Å². The molecule has 5 rings (SSSR count). The van der Waals surface area contributed by atoms with Gasteiger partial charge in [0, 0.05) is 23.5 Å². The number of thiazole rings is 1. The molecule has 0 spiro atoms. The van der Waals surface area contributed by atoms with Crippen LogP contribution in [0.15, 0.2) is 42.7 Å². The summed E-state index contributed by atoms with van der Waals surface area (Å²) < 4.78 is 1.77. The van der Waals surface area contributed by atoms with Gasteiger partial charge in [-0.2, -0.15) is 5.10 Å². The maximum atomic E-state index is 11.3. The number of carbonyl (C=O) groups is 1. The molecule has 0 atom stereocenters. The number of pyridine rings is 1. The molecular weight excluding hydrogens is 410 g/mol. The predicted molar refractivity (Wildman–Crippen MR) is 112 cm³/mol. The van der Waals surface area contributed by atoms with Gasteiger partial charge in [0.1, 0.15) is 0 Å². The number of nitrogens with two attached hydrogens (primary N) is 1. The number of hydrogen-bond acceptors (Lipinski definition) is 6. The van der Waals surface area contributed by atoms with Crippen LogP contribution in [0.1, 0.15) is 21.6 Å². The summed E-state index contributed by atoms with van der Waals surface area (Å²) in [5.74, 6) is -1.03. The largest absolute Gasteiger partial charge is 0.478 e. The number of halogens is 1. The third-order valence-corrected chi connectivity index (χ3v) is 6.12. The number of carboxylic acid groups (broad SMARTS) is 1. The van der Waals surface area contributed by atoms with Crippen LogP contribution in [0, 0.1) is 0 Å². The second-order valence-electron chi connectivity index (χ2n) is 6.63. The number of nitrogens with zero attached hydrogens (tertiary/aromatic N) is 4. The third kappa shape index (κ3) is 2.88. The lowest BCUT2D eigenvalue weighted by molar-refractivity contribution is 0.0697. The van der Waals surface area contributed by atoms with Crippen molar-refractivity contribution in [3.05, 3.63) is 64.6 Å². The van der Waals surface area contributed by atoms with Gasteiger partial charge in [0.15, 0.2) is 5.13 Å². The molecule has 3 aromatic heterocycles. The van der Waals surface area contributed by atoms with Crippen LogP contribution in [-0.4, -0.2) is 30.8 Å². The maximum absolute atomic E-state index is 11.3. The Morgan fingerprint density at radius 3 is 2.86 bits per heavy atom. The topological polar surface area (TPSA) is 107 Å². The van der Waals surface area contributed by atoms with Gasteiger partial charge in [0.05, 0.1) is 38.2 Å². The molecule has 9 heteroatoms. The molecule has 0 aliphatic heterocycles.